The number of rotatable bonds is 5. The lowest BCUT2D eigenvalue weighted by atomic mass is 10.1. The second kappa shape index (κ2) is 10.0. The maximum Gasteiger partial charge on any atom is 0.321 e. The molecule has 164 valence electrons. The molecule has 32 heavy (non-hydrogen) atoms. The molecule has 4 rings (SSSR count). The van der Waals surface area contributed by atoms with Crippen LogP contribution in [0.2, 0.25) is 0 Å². The van der Waals surface area contributed by atoms with Crippen molar-refractivity contribution in [1.82, 2.24) is 9.80 Å². The number of nitrogens with one attached hydrogen (secondary N) is 1. The summed E-state index contributed by atoms with van der Waals surface area (Å²) < 4.78 is 5.75. The van der Waals surface area contributed by atoms with Gasteiger partial charge in [-0.05, 0) is 54.4 Å². The van der Waals surface area contributed by atoms with E-state index < -0.39 is 0 Å². The predicted molar refractivity (Wildman–Crippen MR) is 125 cm³/mol. The van der Waals surface area contributed by atoms with E-state index in [2.05, 4.69) is 5.32 Å². The Morgan fingerprint density at radius 2 is 1.53 bits per heavy atom. The van der Waals surface area contributed by atoms with Crippen molar-refractivity contribution < 1.29 is 14.3 Å². The highest BCUT2D eigenvalue weighted by atomic mass is 16.5. The summed E-state index contributed by atoms with van der Waals surface area (Å²) in [5.41, 5.74) is 3.52. The van der Waals surface area contributed by atoms with E-state index in [0.29, 0.717) is 38.3 Å². The number of amides is 3. The van der Waals surface area contributed by atoms with Gasteiger partial charge >= 0.3 is 6.03 Å². The minimum atomic E-state index is -0.134. The number of hydrogen-bond donors (Lipinski definition) is 1. The first-order valence-corrected chi connectivity index (χ1v) is 10.8. The van der Waals surface area contributed by atoms with Gasteiger partial charge in [0.15, 0.2) is 0 Å². The molecule has 0 unspecified atom stereocenters. The standard InChI is InChI=1S/C26H27N3O3/c1-20-6-5-7-23(18-20)27-26(31)29-16-14-28(15-17-29)25(30)22-12-10-21(11-13-22)19-32-24-8-3-2-4-9-24/h2-13,18H,14-17,19H2,1H3,(H,27,31). The van der Waals surface area contributed by atoms with Crippen LogP contribution in [-0.4, -0.2) is 47.9 Å². The zero-order valence-corrected chi connectivity index (χ0v) is 18.2. The van der Waals surface area contributed by atoms with Gasteiger partial charge in [-0.15, -0.1) is 0 Å². The highest BCUT2D eigenvalue weighted by Gasteiger charge is 2.25. The summed E-state index contributed by atoms with van der Waals surface area (Å²) in [4.78, 5) is 28.9. The zero-order chi connectivity index (χ0) is 22.3. The maximum atomic E-state index is 12.9. The minimum absolute atomic E-state index is 0.0146. The van der Waals surface area contributed by atoms with E-state index in [9.17, 15) is 9.59 Å². The van der Waals surface area contributed by atoms with Crippen LogP contribution in [0.4, 0.5) is 10.5 Å². The van der Waals surface area contributed by atoms with Gasteiger partial charge in [0, 0.05) is 37.4 Å². The first-order chi connectivity index (χ1) is 15.6. The lowest BCUT2D eigenvalue weighted by Gasteiger charge is -2.34. The Hall–Kier alpha value is -3.80. The largest absolute Gasteiger partial charge is 0.489 e. The van der Waals surface area contributed by atoms with Crippen LogP contribution in [0.5, 0.6) is 5.75 Å². The Morgan fingerprint density at radius 3 is 2.22 bits per heavy atom. The lowest BCUT2D eigenvalue weighted by molar-refractivity contribution is 0.0671. The van der Waals surface area contributed by atoms with Gasteiger partial charge in [-0.1, -0.05) is 42.5 Å². The van der Waals surface area contributed by atoms with Crippen molar-refractivity contribution in [3.05, 3.63) is 95.6 Å². The van der Waals surface area contributed by atoms with Gasteiger partial charge in [-0.2, -0.15) is 0 Å². The topological polar surface area (TPSA) is 61.9 Å². The fourth-order valence-corrected chi connectivity index (χ4v) is 3.65. The van der Waals surface area contributed by atoms with Crippen LogP contribution in [-0.2, 0) is 6.61 Å². The maximum absolute atomic E-state index is 12.9. The molecule has 1 fully saturated rings. The summed E-state index contributed by atoms with van der Waals surface area (Å²) in [6.45, 7) is 4.48. The second-order valence-electron chi connectivity index (χ2n) is 7.88. The summed E-state index contributed by atoms with van der Waals surface area (Å²) in [7, 11) is 0. The quantitative estimate of drug-likeness (QED) is 0.647. The molecular weight excluding hydrogens is 402 g/mol. The Kier molecular flexibility index (Phi) is 6.70. The van der Waals surface area contributed by atoms with Crippen LogP contribution in [0.15, 0.2) is 78.9 Å². The number of anilines is 1. The van der Waals surface area contributed by atoms with Gasteiger partial charge in [0.1, 0.15) is 12.4 Å². The lowest BCUT2D eigenvalue weighted by Crippen LogP contribution is -2.51. The molecule has 0 radical (unpaired) electrons. The molecule has 6 heteroatoms. The summed E-state index contributed by atoms with van der Waals surface area (Å²) >= 11 is 0. The Morgan fingerprint density at radius 1 is 0.844 bits per heavy atom. The van der Waals surface area contributed by atoms with Crippen LogP contribution < -0.4 is 10.1 Å². The van der Waals surface area contributed by atoms with E-state index in [1.165, 1.54) is 0 Å². The number of nitrogens with zero attached hydrogens (tertiary/aromatic N) is 2. The molecular formula is C26H27N3O3. The third kappa shape index (κ3) is 5.46. The molecule has 1 N–H and O–H groups in total. The zero-order valence-electron chi connectivity index (χ0n) is 18.2. The molecule has 3 aromatic carbocycles. The molecule has 3 amide bonds. The molecule has 0 bridgehead atoms. The number of benzene rings is 3. The van der Waals surface area contributed by atoms with Crippen molar-refractivity contribution in [1.29, 1.82) is 0 Å². The smallest absolute Gasteiger partial charge is 0.321 e. The molecule has 0 aromatic heterocycles. The van der Waals surface area contributed by atoms with Crippen LogP contribution in [0, 0.1) is 6.92 Å². The molecule has 3 aromatic rings. The minimum Gasteiger partial charge on any atom is -0.489 e. The van der Waals surface area contributed by atoms with E-state index in [0.717, 1.165) is 22.6 Å². The number of para-hydroxylation sites is 1. The SMILES string of the molecule is Cc1cccc(NC(=O)N2CCN(C(=O)c3ccc(COc4ccccc4)cc3)CC2)c1. The monoisotopic (exact) mass is 429 g/mol. The van der Waals surface area contributed by atoms with E-state index in [1.807, 2.05) is 85.8 Å². The molecule has 1 saturated heterocycles. The number of ether oxygens (including phenoxy) is 1. The molecule has 6 nitrogen and oxygen atoms in total. The summed E-state index contributed by atoms with van der Waals surface area (Å²) in [6, 6.07) is 24.7. The van der Waals surface area contributed by atoms with E-state index in [1.54, 1.807) is 9.80 Å². The van der Waals surface area contributed by atoms with Gasteiger partial charge in [0.25, 0.3) is 5.91 Å². The highest BCUT2D eigenvalue weighted by molar-refractivity contribution is 5.94. The first kappa shape index (κ1) is 21.4. The molecule has 0 saturated carbocycles. The fraction of sp³-hybridized carbons (Fsp3) is 0.231. The van der Waals surface area contributed by atoms with Crippen LogP contribution in [0.1, 0.15) is 21.5 Å². The van der Waals surface area contributed by atoms with Gasteiger partial charge in [0.2, 0.25) is 0 Å². The van der Waals surface area contributed by atoms with Crippen molar-refractivity contribution in [3.63, 3.8) is 0 Å². The Balaban J connectivity index is 1.27. The third-order valence-electron chi connectivity index (χ3n) is 5.47. The van der Waals surface area contributed by atoms with Gasteiger partial charge in [0.05, 0.1) is 0 Å². The number of aryl methyl sites for hydroxylation is 1. The number of hydrogen-bond acceptors (Lipinski definition) is 3. The van der Waals surface area contributed by atoms with Crippen LogP contribution in [0.25, 0.3) is 0 Å². The van der Waals surface area contributed by atoms with E-state index >= 15 is 0 Å². The summed E-state index contributed by atoms with van der Waals surface area (Å²) in [6.07, 6.45) is 0. The summed E-state index contributed by atoms with van der Waals surface area (Å²) in [5.74, 6) is 0.802. The molecule has 0 spiro atoms. The Bertz CT molecular complexity index is 1060. The molecule has 0 atom stereocenters. The average Bonchev–Trinajstić information content (AvgIpc) is 2.83. The fourth-order valence-electron chi connectivity index (χ4n) is 3.65. The van der Waals surface area contributed by atoms with E-state index in [4.69, 9.17) is 4.74 Å². The Labute approximate surface area is 188 Å². The highest BCUT2D eigenvalue weighted by Crippen LogP contribution is 2.15. The van der Waals surface area contributed by atoms with Crippen LogP contribution in [0.3, 0.4) is 0 Å². The molecule has 1 heterocycles. The number of urea groups is 1. The first-order valence-electron chi connectivity index (χ1n) is 10.8. The molecule has 0 aliphatic carbocycles. The van der Waals surface area contributed by atoms with Crippen molar-refractivity contribution in [2.24, 2.45) is 0 Å². The number of carbonyl (C=O) groups is 2. The molecule has 1 aliphatic rings. The van der Waals surface area contributed by atoms with Gasteiger partial charge in [-0.3, -0.25) is 4.79 Å². The van der Waals surface area contributed by atoms with E-state index in [-0.39, 0.29) is 11.9 Å². The van der Waals surface area contributed by atoms with Crippen molar-refractivity contribution in [3.8, 4) is 5.75 Å². The average molecular weight is 430 g/mol. The normalized spacial score (nSPS) is 13.5. The predicted octanol–water partition coefficient (Wildman–Crippen LogP) is 4.56. The van der Waals surface area contributed by atoms with Crippen molar-refractivity contribution >= 4 is 17.6 Å². The van der Waals surface area contributed by atoms with Crippen molar-refractivity contribution in [2.75, 3.05) is 31.5 Å². The number of piperazine rings is 1. The van der Waals surface area contributed by atoms with Gasteiger partial charge in [-0.25, -0.2) is 4.79 Å². The van der Waals surface area contributed by atoms with Crippen molar-refractivity contribution in [2.45, 2.75) is 13.5 Å². The van der Waals surface area contributed by atoms with Crippen LogP contribution >= 0.6 is 0 Å². The summed E-state index contributed by atoms with van der Waals surface area (Å²) in [5, 5.41) is 2.93. The molecule has 1 aliphatic heterocycles. The second-order valence-corrected chi connectivity index (χ2v) is 7.88. The van der Waals surface area contributed by atoms with Gasteiger partial charge < -0.3 is 19.9 Å². The third-order valence-corrected chi connectivity index (χ3v) is 5.47. The number of carbonyl (C=O) groups excluding carboxylic acids is 2.